The average molecular weight is 442 g/mol. The molecular formula is C21H22N4O5S. The Labute approximate surface area is 184 Å². The number of piperidine rings is 1. The van der Waals surface area contributed by atoms with Crippen LogP contribution in [-0.2, 0) is 0 Å². The van der Waals surface area contributed by atoms with Gasteiger partial charge in [0.05, 0.1) is 21.7 Å². The highest BCUT2D eigenvalue weighted by atomic mass is 32.1. The average Bonchev–Trinajstić information content (AvgIpc) is 2.75. The number of aryl methyl sites for hydroxylation is 1. The van der Waals surface area contributed by atoms with Crippen LogP contribution in [0.25, 0.3) is 0 Å². The van der Waals surface area contributed by atoms with Gasteiger partial charge in [-0.3, -0.25) is 20.2 Å². The van der Waals surface area contributed by atoms with E-state index in [9.17, 15) is 19.7 Å². The van der Waals surface area contributed by atoms with Gasteiger partial charge in [-0.1, -0.05) is 0 Å². The van der Waals surface area contributed by atoms with Gasteiger partial charge in [0.15, 0.2) is 5.11 Å². The summed E-state index contributed by atoms with van der Waals surface area (Å²) in [7, 11) is 0. The molecule has 1 saturated heterocycles. The van der Waals surface area contributed by atoms with E-state index in [2.05, 4.69) is 10.6 Å². The van der Waals surface area contributed by atoms with E-state index < -0.39 is 16.8 Å². The Hall–Kier alpha value is -3.53. The Balaban J connectivity index is 1.80. The summed E-state index contributed by atoms with van der Waals surface area (Å²) in [6, 6.07) is 8.73. The van der Waals surface area contributed by atoms with Gasteiger partial charge in [0.1, 0.15) is 0 Å². The number of carbonyl (C=O) groups is 2. The first-order valence-corrected chi connectivity index (χ1v) is 10.2. The molecule has 162 valence electrons. The molecule has 0 bridgehead atoms. The summed E-state index contributed by atoms with van der Waals surface area (Å²) in [5.74, 6) is -1.59. The molecule has 0 spiro atoms. The van der Waals surface area contributed by atoms with Crippen LogP contribution < -0.4 is 15.5 Å². The zero-order chi connectivity index (χ0) is 22.5. The van der Waals surface area contributed by atoms with Crippen LogP contribution in [0.4, 0.5) is 17.1 Å². The monoisotopic (exact) mass is 442 g/mol. The molecule has 3 N–H and O–H groups in total. The van der Waals surface area contributed by atoms with Crippen molar-refractivity contribution >= 4 is 46.3 Å². The Morgan fingerprint density at radius 3 is 2.45 bits per heavy atom. The molecule has 9 nitrogen and oxygen atoms in total. The molecule has 3 rings (SSSR count). The van der Waals surface area contributed by atoms with E-state index >= 15 is 0 Å². The first-order valence-electron chi connectivity index (χ1n) is 9.76. The minimum Gasteiger partial charge on any atom is -0.478 e. The van der Waals surface area contributed by atoms with E-state index in [4.69, 9.17) is 17.3 Å². The summed E-state index contributed by atoms with van der Waals surface area (Å²) >= 11 is 5.23. The summed E-state index contributed by atoms with van der Waals surface area (Å²) in [5, 5.41) is 25.7. The van der Waals surface area contributed by atoms with Crippen LogP contribution in [0.15, 0.2) is 36.4 Å². The third-order valence-electron chi connectivity index (χ3n) is 5.08. The number of carbonyl (C=O) groups excluding carboxylic acids is 1. The number of benzene rings is 2. The fourth-order valence-corrected chi connectivity index (χ4v) is 3.69. The minimum absolute atomic E-state index is 0.00674. The zero-order valence-electron chi connectivity index (χ0n) is 16.9. The standard InChI is InChI=1S/C21H22N4O5S/c1-13-11-14(20(27)28)5-7-17(13)22-21(31)23-19(26)16-12-15(25(29)30)6-8-18(16)24-9-3-2-4-10-24/h5-8,11-12H,2-4,9-10H2,1H3,(H,27,28)(H2,22,23,26,31). The predicted octanol–water partition coefficient (Wildman–Crippen LogP) is 3.72. The number of rotatable bonds is 5. The summed E-state index contributed by atoms with van der Waals surface area (Å²) in [5.41, 5.74) is 1.96. The highest BCUT2D eigenvalue weighted by Gasteiger charge is 2.22. The van der Waals surface area contributed by atoms with Gasteiger partial charge in [-0.2, -0.15) is 0 Å². The van der Waals surface area contributed by atoms with Crippen molar-refractivity contribution in [1.29, 1.82) is 0 Å². The number of carboxylic acids is 1. The third kappa shape index (κ3) is 5.34. The van der Waals surface area contributed by atoms with E-state index in [-0.39, 0.29) is 21.9 Å². The summed E-state index contributed by atoms with van der Waals surface area (Å²) < 4.78 is 0. The largest absolute Gasteiger partial charge is 0.478 e. The van der Waals surface area contributed by atoms with E-state index in [1.165, 1.54) is 24.3 Å². The maximum atomic E-state index is 12.9. The molecule has 0 atom stereocenters. The number of thiocarbonyl (C=S) groups is 1. The molecule has 2 aromatic rings. The van der Waals surface area contributed by atoms with Crippen LogP contribution in [0.5, 0.6) is 0 Å². The number of nitro benzene ring substituents is 1. The maximum absolute atomic E-state index is 12.9. The number of nitrogens with one attached hydrogen (secondary N) is 2. The first-order chi connectivity index (χ1) is 14.8. The second-order valence-corrected chi connectivity index (χ2v) is 7.66. The SMILES string of the molecule is Cc1cc(C(=O)O)ccc1NC(=S)NC(=O)c1cc([N+](=O)[O-])ccc1N1CCCCC1. The quantitative estimate of drug-likeness (QED) is 0.364. The number of anilines is 2. The lowest BCUT2D eigenvalue weighted by Crippen LogP contribution is -2.36. The van der Waals surface area contributed by atoms with Crippen LogP contribution in [0, 0.1) is 17.0 Å². The fourth-order valence-electron chi connectivity index (χ4n) is 3.49. The van der Waals surface area contributed by atoms with Crippen molar-refractivity contribution in [3.63, 3.8) is 0 Å². The number of nitrogens with zero attached hydrogens (tertiary/aromatic N) is 2. The molecular weight excluding hydrogens is 420 g/mol. The second kappa shape index (κ2) is 9.52. The molecule has 1 heterocycles. The smallest absolute Gasteiger partial charge is 0.335 e. The van der Waals surface area contributed by atoms with Crippen LogP contribution in [0.3, 0.4) is 0 Å². The second-order valence-electron chi connectivity index (χ2n) is 7.25. The van der Waals surface area contributed by atoms with Crippen molar-refractivity contribution in [3.8, 4) is 0 Å². The highest BCUT2D eigenvalue weighted by Crippen LogP contribution is 2.28. The first kappa shape index (κ1) is 22.2. The van der Waals surface area contributed by atoms with Gasteiger partial charge < -0.3 is 15.3 Å². The molecule has 0 unspecified atom stereocenters. The van der Waals surface area contributed by atoms with E-state index in [1.54, 1.807) is 19.1 Å². The molecule has 1 aliphatic rings. The van der Waals surface area contributed by atoms with Crippen molar-refractivity contribution < 1.29 is 19.6 Å². The molecule has 1 amide bonds. The van der Waals surface area contributed by atoms with Gasteiger partial charge in [-0.15, -0.1) is 0 Å². The van der Waals surface area contributed by atoms with Gasteiger partial charge in [-0.05, 0) is 68.2 Å². The van der Waals surface area contributed by atoms with E-state index in [1.807, 2.05) is 4.90 Å². The van der Waals surface area contributed by atoms with Crippen molar-refractivity contribution in [3.05, 3.63) is 63.2 Å². The lowest BCUT2D eigenvalue weighted by atomic mass is 10.1. The highest BCUT2D eigenvalue weighted by molar-refractivity contribution is 7.80. The Bertz CT molecular complexity index is 1050. The van der Waals surface area contributed by atoms with E-state index in [0.29, 0.717) is 16.9 Å². The summed E-state index contributed by atoms with van der Waals surface area (Å²) in [6.07, 6.45) is 3.09. The topological polar surface area (TPSA) is 125 Å². The number of hydrogen-bond donors (Lipinski definition) is 3. The molecule has 1 fully saturated rings. The lowest BCUT2D eigenvalue weighted by molar-refractivity contribution is -0.384. The fraction of sp³-hybridized carbons (Fsp3) is 0.286. The number of hydrogen-bond acceptors (Lipinski definition) is 6. The number of aromatic carboxylic acids is 1. The Kier molecular flexibility index (Phi) is 6.81. The molecule has 0 aliphatic carbocycles. The maximum Gasteiger partial charge on any atom is 0.335 e. The van der Waals surface area contributed by atoms with Crippen molar-refractivity contribution in [2.24, 2.45) is 0 Å². The van der Waals surface area contributed by atoms with Gasteiger partial charge in [0, 0.05) is 30.9 Å². The predicted molar refractivity (Wildman–Crippen MR) is 121 cm³/mol. The Morgan fingerprint density at radius 1 is 1.13 bits per heavy atom. The van der Waals surface area contributed by atoms with Crippen LogP contribution >= 0.6 is 12.2 Å². The molecule has 0 radical (unpaired) electrons. The minimum atomic E-state index is -1.04. The summed E-state index contributed by atoms with van der Waals surface area (Å²) in [4.78, 5) is 36.7. The van der Waals surface area contributed by atoms with Gasteiger partial charge in [0.25, 0.3) is 11.6 Å². The van der Waals surface area contributed by atoms with Crippen LogP contribution in [0.2, 0.25) is 0 Å². The Morgan fingerprint density at radius 2 is 1.84 bits per heavy atom. The van der Waals surface area contributed by atoms with Crippen molar-refractivity contribution in [1.82, 2.24) is 5.32 Å². The molecule has 0 aromatic heterocycles. The van der Waals surface area contributed by atoms with Crippen LogP contribution in [-0.4, -0.2) is 40.1 Å². The normalized spacial score (nSPS) is 13.4. The molecule has 31 heavy (non-hydrogen) atoms. The zero-order valence-corrected chi connectivity index (χ0v) is 17.7. The van der Waals surface area contributed by atoms with Crippen LogP contribution in [0.1, 0.15) is 45.5 Å². The van der Waals surface area contributed by atoms with Gasteiger partial charge in [0.2, 0.25) is 0 Å². The summed E-state index contributed by atoms with van der Waals surface area (Å²) in [6.45, 7) is 3.26. The number of amides is 1. The van der Waals surface area contributed by atoms with E-state index in [0.717, 1.165) is 32.4 Å². The van der Waals surface area contributed by atoms with Crippen molar-refractivity contribution in [2.45, 2.75) is 26.2 Å². The molecule has 1 aliphatic heterocycles. The van der Waals surface area contributed by atoms with Gasteiger partial charge >= 0.3 is 5.97 Å². The molecule has 0 saturated carbocycles. The molecule has 2 aromatic carbocycles. The van der Waals surface area contributed by atoms with Gasteiger partial charge in [-0.25, -0.2) is 4.79 Å². The number of carboxylic acid groups (broad SMARTS) is 1. The molecule has 10 heteroatoms. The van der Waals surface area contributed by atoms with Crippen molar-refractivity contribution in [2.75, 3.05) is 23.3 Å². The number of non-ortho nitro benzene ring substituents is 1. The lowest BCUT2D eigenvalue weighted by Gasteiger charge is -2.30. The number of nitro groups is 1. The third-order valence-corrected chi connectivity index (χ3v) is 5.29.